The van der Waals surface area contributed by atoms with Crippen LogP contribution in [0.5, 0.6) is 0 Å². The Balaban J connectivity index is 2.03. The minimum absolute atomic E-state index is 0.222. The summed E-state index contributed by atoms with van der Waals surface area (Å²) in [7, 11) is 0. The number of hydrogen-bond donors (Lipinski definition) is 1. The van der Waals surface area contributed by atoms with Gasteiger partial charge in [-0.05, 0) is 34.1 Å². The largest absolute Gasteiger partial charge is 0.342 e. The first kappa shape index (κ1) is 13.5. The molecule has 0 aliphatic carbocycles. The summed E-state index contributed by atoms with van der Waals surface area (Å²) in [5.41, 5.74) is 1.54. The van der Waals surface area contributed by atoms with Gasteiger partial charge in [-0.1, -0.05) is 17.7 Å². The summed E-state index contributed by atoms with van der Waals surface area (Å²) in [5, 5.41) is 0.345. The molecule has 102 valence electrons. The molecule has 0 radical (unpaired) electrons. The lowest BCUT2D eigenvalue weighted by molar-refractivity contribution is 0.612. The van der Waals surface area contributed by atoms with Gasteiger partial charge in [-0.3, -0.25) is 0 Å². The van der Waals surface area contributed by atoms with Crippen molar-refractivity contribution in [3.8, 4) is 0 Å². The molecule has 0 fully saturated rings. The number of imidazole rings is 1. The number of fused-ring (bicyclic) bond motifs is 1. The summed E-state index contributed by atoms with van der Waals surface area (Å²) in [5.74, 6) is -0.230. The van der Waals surface area contributed by atoms with Crippen LogP contribution in [-0.2, 0) is 6.42 Å². The van der Waals surface area contributed by atoms with Crippen LogP contribution in [0.4, 0.5) is 8.78 Å². The molecule has 20 heavy (non-hydrogen) atoms. The van der Waals surface area contributed by atoms with Crippen molar-refractivity contribution in [1.29, 1.82) is 0 Å². The second-order valence-corrected chi connectivity index (χ2v) is 5.61. The molecule has 0 amide bonds. The molecule has 6 heteroatoms. The maximum atomic E-state index is 13.7. The number of hydrogen-bond acceptors (Lipinski definition) is 1. The summed E-state index contributed by atoms with van der Waals surface area (Å²) in [6, 6.07) is 7.44. The lowest BCUT2D eigenvalue weighted by Crippen LogP contribution is -1.95. The lowest BCUT2D eigenvalue weighted by atomic mass is 10.1. The van der Waals surface area contributed by atoms with Gasteiger partial charge < -0.3 is 4.98 Å². The summed E-state index contributed by atoms with van der Waals surface area (Å²) >= 11 is 9.09. The Morgan fingerprint density at radius 2 is 2.00 bits per heavy atom. The van der Waals surface area contributed by atoms with Gasteiger partial charge in [-0.2, -0.15) is 0 Å². The zero-order chi connectivity index (χ0) is 14.3. The van der Waals surface area contributed by atoms with E-state index in [1.165, 1.54) is 12.1 Å². The number of rotatable bonds is 2. The third kappa shape index (κ3) is 2.43. The monoisotopic (exact) mass is 356 g/mol. The molecule has 0 aliphatic rings. The first-order chi connectivity index (χ1) is 9.54. The fourth-order valence-corrected chi connectivity index (χ4v) is 2.57. The van der Waals surface area contributed by atoms with Crippen molar-refractivity contribution in [2.75, 3.05) is 0 Å². The van der Waals surface area contributed by atoms with E-state index < -0.39 is 0 Å². The summed E-state index contributed by atoms with van der Waals surface area (Å²) < 4.78 is 27.5. The van der Waals surface area contributed by atoms with Crippen molar-refractivity contribution in [3.05, 3.63) is 62.8 Å². The number of benzene rings is 2. The van der Waals surface area contributed by atoms with Crippen molar-refractivity contribution >= 4 is 38.6 Å². The Morgan fingerprint density at radius 1 is 1.20 bits per heavy atom. The maximum Gasteiger partial charge on any atom is 0.139 e. The molecule has 0 saturated heterocycles. The van der Waals surface area contributed by atoms with Crippen LogP contribution in [0.2, 0.25) is 5.02 Å². The van der Waals surface area contributed by atoms with Crippen LogP contribution in [-0.4, -0.2) is 9.97 Å². The highest BCUT2D eigenvalue weighted by Gasteiger charge is 2.12. The third-order valence-electron chi connectivity index (χ3n) is 2.98. The minimum atomic E-state index is -0.384. The molecule has 0 spiro atoms. The topological polar surface area (TPSA) is 28.7 Å². The van der Waals surface area contributed by atoms with Gasteiger partial charge in [0, 0.05) is 23.1 Å². The van der Waals surface area contributed by atoms with E-state index in [1.54, 1.807) is 18.2 Å². The van der Waals surface area contributed by atoms with Crippen molar-refractivity contribution in [1.82, 2.24) is 9.97 Å². The zero-order valence-electron chi connectivity index (χ0n) is 10.1. The molecule has 0 aliphatic heterocycles. The van der Waals surface area contributed by atoms with Gasteiger partial charge in [-0.15, -0.1) is 0 Å². The first-order valence-electron chi connectivity index (χ1n) is 5.81. The molecular formula is C14H8BrClF2N2. The van der Waals surface area contributed by atoms with E-state index in [0.717, 1.165) is 0 Å². The second kappa shape index (κ2) is 5.14. The average molecular weight is 358 g/mol. The van der Waals surface area contributed by atoms with E-state index in [0.29, 0.717) is 31.9 Å². The molecule has 3 aromatic rings. The van der Waals surface area contributed by atoms with E-state index in [1.807, 2.05) is 0 Å². The predicted molar refractivity (Wildman–Crippen MR) is 78.0 cm³/mol. The molecule has 0 atom stereocenters. The Morgan fingerprint density at radius 3 is 2.75 bits per heavy atom. The number of halogens is 4. The molecule has 3 rings (SSSR count). The Bertz CT molecular complexity index is 742. The van der Waals surface area contributed by atoms with E-state index in [4.69, 9.17) is 11.6 Å². The van der Waals surface area contributed by atoms with E-state index >= 15 is 0 Å². The Hall–Kier alpha value is -1.46. The van der Waals surface area contributed by atoms with Gasteiger partial charge in [0.15, 0.2) is 0 Å². The molecule has 0 saturated carbocycles. The highest BCUT2D eigenvalue weighted by molar-refractivity contribution is 9.10. The van der Waals surface area contributed by atoms with Gasteiger partial charge >= 0.3 is 0 Å². The van der Waals surface area contributed by atoms with E-state index in [2.05, 4.69) is 25.9 Å². The van der Waals surface area contributed by atoms with Crippen LogP contribution >= 0.6 is 27.5 Å². The number of nitrogens with zero attached hydrogens (tertiary/aromatic N) is 1. The van der Waals surface area contributed by atoms with Crippen molar-refractivity contribution in [2.45, 2.75) is 6.42 Å². The highest BCUT2D eigenvalue weighted by Crippen LogP contribution is 2.25. The zero-order valence-corrected chi connectivity index (χ0v) is 12.4. The number of aromatic amines is 1. The van der Waals surface area contributed by atoms with Gasteiger partial charge in [0.05, 0.1) is 15.5 Å². The minimum Gasteiger partial charge on any atom is -0.342 e. The Kier molecular flexibility index (Phi) is 3.48. The fraction of sp³-hybridized carbons (Fsp3) is 0.0714. The molecule has 1 aromatic heterocycles. The molecule has 1 N–H and O–H groups in total. The van der Waals surface area contributed by atoms with Crippen molar-refractivity contribution < 1.29 is 8.78 Å². The van der Waals surface area contributed by atoms with Crippen LogP contribution in [0.3, 0.4) is 0 Å². The van der Waals surface area contributed by atoms with Crippen LogP contribution in [0.25, 0.3) is 11.0 Å². The summed E-state index contributed by atoms with van der Waals surface area (Å²) in [6.07, 6.45) is 0.222. The van der Waals surface area contributed by atoms with Crippen LogP contribution in [0.15, 0.2) is 34.8 Å². The fourth-order valence-electron chi connectivity index (χ4n) is 2.01. The number of aromatic nitrogens is 2. The summed E-state index contributed by atoms with van der Waals surface area (Å²) in [4.78, 5) is 7.28. The lowest BCUT2D eigenvalue weighted by Gasteiger charge is -2.03. The standard InChI is InChI=1S/C14H8BrClF2N2/c15-8-5-12-13(6-11(8)18)20-14(19-12)4-7-9(16)2-1-3-10(7)17/h1-3,5-6H,4H2,(H,19,20). The molecule has 2 nitrogen and oxygen atoms in total. The maximum absolute atomic E-state index is 13.7. The average Bonchev–Trinajstić information content (AvgIpc) is 2.76. The Labute approximate surface area is 126 Å². The molecule has 0 unspecified atom stereocenters. The van der Waals surface area contributed by atoms with Crippen LogP contribution in [0.1, 0.15) is 11.4 Å². The van der Waals surface area contributed by atoms with Gasteiger partial charge in [0.2, 0.25) is 0 Å². The summed E-state index contributed by atoms with van der Waals surface area (Å²) in [6.45, 7) is 0. The van der Waals surface area contributed by atoms with Crippen LogP contribution < -0.4 is 0 Å². The number of H-pyrrole nitrogens is 1. The van der Waals surface area contributed by atoms with Gasteiger partial charge in [0.25, 0.3) is 0 Å². The SMILES string of the molecule is Fc1cc2[nH]c(Cc3c(F)cccc3Cl)nc2cc1Br. The second-order valence-electron chi connectivity index (χ2n) is 4.34. The quantitative estimate of drug-likeness (QED) is 0.698. The molecule has 2 aromatic carbocycles. The first-order valence-corrected chi connectivity index (χ1v) is 6.98. The number of nitrogens with one attached hydrogen (secondary N) is 1. The van der Waals surface area contributed by atoms with Crippen molar-refractivity contribution in [2.24, 2.45) is 0 Å². The normalized spacial score (nSPS) is 11.2. The van der Waals surface area contributed by atoms with Crippen molar-refractivity contribution in [3.63, 3.8) is 0 Å². The molecular weight excluding hydrogens is 350 g/mol. The van der Waals surface area contributed by atoms with Gasteiger partial charge in [-0.25, -0.2) is 13.8 Å². The smallest absolute Gasteiger partial charge is 0.139 e. The third-order valence-corrected chi connectivity index (χ3v) is 3.94. The molecule has 1 heterocycles. The van der Waals surface area contributed by atoms with Crippen LogP contribution in [0, 0.1) is 11.6 Å². The van der Waals surface area contributed by atoms with Gasteiger partial charge in [0.1, 0.15) is 17.5 Å². The van der Waals surface area contributed by atoms with E-state index in [-0.39, 0.29) is 18.1 Å². The van der Waals surface area contributed by atoms with E-state index in [9.17, 15) is 8.78 Å². The molecule has 0 bridgehead atoms. The highest BCUT2D eigenvalue weighted by atomic mass is 79.9. The predicted octanol–water partition coefficient (Wildman–Crippen LogP) is 4.85.